The molecule has 0 amide bonds. The van der Waals surface area contributed by atoms with E-state index in [1.807, 2.05) is 13.0 Å². The lowest BCUT2D eigenvalue weighted by atomic mass is 10.3. The molecule has 0 aliphatic heterocycles. The number of methoxy groups -OCH3 is 1. The summed E-state index contributed by atoms with van der Waals surface area (Å²) < 4.78 is 27.1. The standard InChI is InChI=1S/C11H18N2O3S/c1-9-7-10(11(16-2)8-13-9)12-5-4-6-17(3,14)15/h7-8H,4-6H2,1-3H3,(H,12,13). The van der Waals surface area contributed by atoms with Crippen LogP contribution < -0.4 is 10.1 Å². The zero-order chi connectivity index (χ0) is 12.9. The fourth-order valence-electron chi connectivity index (χ4n) is 1.41. The predicted molar refractivity (Wildman–Crippen MR) is 68.3 cm³/mol. The van der Waals surface area contributed by atoms with E-state index < -0.39 is 9.84 Å². The SMILES string of the molecule is COc1cnc(C)cc1NCCCS(C)(=O)=O. The third kappa shape index (κ3) is 5.04. The molecule has 0 aromatic carbocycles. The molecule has 1 heterocycles. The van der Waals surface area contributed by atoms with Crippen molar-refractivity contribution in [1.82, 2.24) is 4.98 Å². The number of hydrogen-bond acceptors (Lipinski definition) is 5. The minimum Gasteiger partial charge on any atom is -0.493 e. The Morgan fingerprint density at radius 3 is 2.76 bits per heavy atom. The highest BCUT2D eigenvalue weighted by molar-refractivity contribution is 7.90. The summed E-state index contributed by atoms with van der Waals surface area (Å²) in [5.74, 6) is 0.849. The Morgan fingerprint density at radius 2 is 2.18 bits per heavy atom. The van der Waals surface area contributed by atoms with E-state index in [0.717, 1.165) is 11.4 Å². The van der Waals surface area contributed by atoms with Crippen molar-refractivity contribution < 1.29 is 13.2 Å². The van der Waals surface area contributed by atoms with Gasteiger partial charge in [0.05, 0.1) is 24.7 Å². The number of hydrogen-bond donors (Lipinski definition) is 1. The maximum absolute atomic E-state index is 11.0. The van der Waals surface area contributed by atoms with Gasteiger partial charge in [0.2, 0.25) is 0 Å². The highest BCUT2D eigenvalue weighted by Gasteiger charge is 2.05. The Morgan fingerprint density at radius 1 is 1.47 bits per heavy atom. The van der Waals surface area contributed by atoms with Gasteiger partial charge in [-0.15, -0.1) is 0 Å². The Balaban J connectivity index is 2.54. The number of sulfone groups is 1. The first-order valence-corrected chi connectivity index (χ1v) is 7.40. The molecule has 0 saturated heterocycles. The third-order valence-electron chi connectivity index (χ3n) is 2.23. The molecular weight excluding hydrogens is 240 g/mol. The second kappa shape index (κ2) is 5.86. The molecule has 0 aliphatic rings. The first-order chi connectivity index (χ1) is 7.92. The molecule has 0 bridgehead atoms. The number of anilines is 1. The highest BCUT2D eigenvalue weighted by atomic mass is 32.2. The van der Waals surface area contributed by atoms with Gasteiger partial charge in [0.15, 0.2) is 5.75 Å². The molecule has 0 aliphatic carbocycles. The van der Waals surface area contributed by atoms with Crippen LogP contribution in [0.15, 0.2) is 12.3 Å². The molecular formula is C11H18N2O3S. The summed E-state index contributed by atoms with van der Waals surface area (Å²) in [6.07, 6.45) is 3.46. The van der Waals surface area contributed by atoms with Crippen LogP contribution in [-0.4, -0.2) is 39.1 Å². The molecule has 1 rings (SSSR count). The van der Waals surface area contributed by atoms with Crippen LogP contribution in [0.25, 0.3) is 0 Å². The second-order valence-electron chi connectivity index (χ2n) is 3.94. The quantitative estimate of drug-likeness (QED) is 0.778. The number of aryl methyl sites for hydroxylation is 1. The fourth-order valence-corrected chi connectivity index (χ4v) is 2.07. The van der Waals surface area contributed by atoms with Crippen LogP contribution in [0, 0.1) is 6.92 Å². The molecule has 1 aromatic heterocycles. The van der Waals surface area contributed by atoms with Crippen molar-refractivity contribution >= 4 is 15.5 Å². The topological polar surface area (TPSA) is 68.3 Å². The van der Waals surface area contributed by atoms with Crippen LogP contribution >= 0.6 is 0 Å². The van der Waals surface area contributed by atoms with Crippen molar-refractivity contribution in [3.8, 4) is 5.75 Å². The van der Waals surface area contributed by atoms with Crippen molar-refractivity contribution in [1.29, 1.82) is 0 Å². The molecule has 96 valence electrons. The average Bonchev–Trinajstić information content (AvgIpc) is 2.23. The van der Waals surface area contributed by atoms with Gasteiger partial charge >= 0.3 is 0 Å². The van der Waals surface area contributed by atoms with Gasteiger partial charge in [-0.2, -0.15) is 0 Å². The lowest BCUT2D eigenvalue weighted by molar-refractivity contribution is 0.414. The number of ether oxygens (including phenoxy) is 1. The molecule has 0 unspecified atom stereocenters. The number of nitrogens with zero attached hydrogens (tertiary/aromatic N) is 1. The fraction of sp³-hybridized carbons (Fsp3) is 0.545. The van der Waals surface area contributed by atoms with E-state index in [2.05, 4.69) is 10.3 Å². The largest absolute Gasteiger partial charge is 0.493 e. The molecule has 0 spiro atoms. The van der Waals surface area contributed by atoms with E-state index in [1.54, 1.807) is 13.3 Å². The van der Waals surface area contributed by atoms with E-state index in [1.165, 1.54) is 6.26 Å². The van der Waals surface area contributed by atoms with Gasteiger partial charge in [0.1, 0.15) is 9.84 Å². The van der Waals surface area contributed by atoms with E-state index >= 15 is 0 Å². The molecule has 17 heavy (non-hydrogen) atoms. The van der Waals surface area contributed by atoms with Crippen LogP contribution in [0.3, 0.4) is 0 Å². The number of rotatable bonds is 6. The monoisotopic (exact) mass is 258 g/mol. The number of aromatic nitrogens is 1. The zero-order valence-corrected chi connectivity index (χ0v) is 11.2. The van der Waals surface area contributed by atoms with Crippen molar-refractivity contribution in [3.05, 3.63) is 18.0 Å². The molecule has 0 atom stereocenters. The van der Waals surface area contributed by atoms with Gasteiger partial charge in [-0.05, 0) is 19.4 Å². The maximum Gasteiger partial charge on any atom is 0.160 e. The van der Waals surface area contributed by atoms with E-state index in [9.17, 15) is 8.42 Å². The van der Waals surface area contributed by atoms with Gasteiger partial charge in [-0.25, -0.2) is 8.42 Å². The van der Waals surface area contributed by atoms with Gasteiger partial charge in [-0.3, -0.25) is 4.98 Å². The molecule has 0 radical (unpaired) electrons. The van der Waals surface area contributed by atoms with Crippen LogP contribution in [0.1, 0.15) is 12.1 Å². The minimum absolute atomic E-state index is 0.187. The smallest absolute Gasteiger partial charge is 0.160 e. The van der Waals surface area contributed by atoms with E-state index in [0.29, 0.717) is 18.7 Å². The summed E-state index contributed by atoms with van der Waals surface area (Å²) >= 11 is 0. The molecule has 6 heteroatoms. The highest BCUT2D eigenvalue weighted by Crippen LogP contribution is 2.23. The number of nitrogens with one attached hydrogen (secondary N) is 1. The van der Waals surface area contributed by atoms with Gasteiger partial charge < -0.3 is 10.1 Å². The van der Waals surface area contributed by atoms with Crippen LogP contribution in [0.4, 0.5) is 5.69 Å². The van der Waals surface area contributed by atoms with Gasteiger partial charge in [-0.1, -0.05) is 0 Å². The zero-order valence-electron chi connectivity index (χ0n) is 10.4. The van der Waals surface area contributed by atoms with Crippen LogP contribution in [0.2, 0.25) is 0 Å². The van der Waals surface area contributed by atoms with E-state index in [-0.39, 0.29) is 5.75 Å². The van der Waals surface area contributed by atoms with Gasteiger partial charge in [0, 0.05) is 18.5 Å². The normalized spacial score (nSPS) is 11.2. The number of pyridine rings is 1. The average molecular weight is 258 g/mol. The molecule has 5 nitrogen and oxygen atoms in total. The van der Waals surface area contributed by atoms with Crippen LogP contribution in [0.5, 0.6) is 5.75 Å². The predicted octanol–water partition coefficient (Wildman–Crippen LogP) is 1.25. The Bertz CT molecular complexity index is 472. The minimum atomic E-state index is -2.89. The summed E-state index contributed by atoms with van der Waals surface area (Å²) in [6.45, 7) is 2.48. The first kappa shape index (κ1) is 13.8. The molecule has 0 saturated carbocycles. The third-order valence-corrected chi connectivity index (χ3v) is 3.26. The Kier molecular flexibility index (Phi) is 4.74. The van der Waals surface area contributed by atoms with Crippen LogP contribution in [-0.2, 0) is 9.84 Å². The lowest BCUT2D eigenvalue weighted by Crippen LogP contribution is -2.10. The van der Waals surface area contributed by atoms with Crippen molar-refractivity contribution in [3.63, 3.8) is 0 Å². The summed E-state index contributed by atoms with van der Waals surface area (Å²) in [5, 5.41) is 3.15. The van der Waals surface area contributed by atoms with Crippen molar-refractivity contribution in [2.75, 3.05) is 31.0 Å². The van der Waals surface area contributed by atoms with Crippen molar-refractivity contribution in [2.45, 2.75) is 13.3 Å². The summed E-state index contributed by atoms with van der Waals surface area (Å²) in [7, 11) is -1.31. The summed E-state index contributed by atoms with van der Waals surface area (Å²) in [6, 6.07) is 1.87. The second-order valence-corrected chi connectivity index (χ2v) is 6.20. The first-order valence-electron chi connectivity index (χ1n) is 5.34. The summed E-state index contributed by atoms with van der Waals surface area (Å²) in [5.41, 5.74) is 1.73. The van der Waals surface area contributed by atoms with E-state index in [4.69, 9.17) is 4.74 Å². The molecule has 0 fully saturated rings. The molecule has 1 aromatic rings. The summed E-state index contributed by atoms with van der Waals surface area (Å²) in [4.78, 5) is 4.12. The Hall–Kier alpha value is -1.30. The van der Waals surface area contributed by atoms with Gasteiger partial charge in [0.25, 0.3) is 0 Å². The maximum atomic E-state index is 11.0. The molecule has 1 N–H and O–H groups in total. The van der Waals surface area contributed by atoms with Crippen molar-refractivity contribution in [2.24, 2.45) is 0 Å². The Labute approximate surface area is 102 Å². The lowest BCUT2D eigenvalue weighted by Gasteiger charge is -2.11.